The van der Waals surface area contributed by atoms with Crippen molar-refractivity contribution in [2.24, 2.45) is 4.99 Å². The van der Waals surface area contributed by atoms with E-state index in [1.165, 1.54) is 12.8 Å². The lowest BCUT2D eigenvalue weighted by Crippen LogP contribution is -2.49. The Bertz CT molecular complexity index is 604. The molecule has 26 heavy (non-hydrogen) atoms. The first kappa shape index (κ1) is 19.4. The van der Waals surface area contributed by atoms with Crippen LogP contribution in [0.5, 0.6) is 0 Å². The summed E-state index contributed by atoms with van der Waals surface area (Å²) in [6.45, 7) is 5.43. The second kappa shape index (κ2) is 8.56. The molecular weight excluding hydrogens is 363 g/mol. The first-order valence-electron chi connectivity index (χ1n) is 9.26. The number of alkyl halides is 3. The molecule has 0 aromatic carbocycles. The minimum atomic E-state index is -4.37. The zero-order chi connectivity index (χ0) is 18.6. The predicted octanol–water partition coefficient (Wildman–Crippen LogP) is 2.89. The van der Waals surface area contributed by atoms with Gasteiger partial charge in [-0.05, 0) is 32.6 Å². The van der Waals surface area contributed by atoms with Gasteiger partial charge in [0.15, 0.2) is 11.7 Å². The number of hydrogen-bond donors (Lipinski definition) is 2. The number of rotatable bonds is 6. The van der Waals surface area contributed by atoms with Crippen LogP contribution in [0, 0.1) is 0 Å². The Balaban J connectivity index is 1.46. The zero-order valence-corrected chi connectivity index (χ0v) is 15.8. The molecule has 0 unspecified atom stereocenters. The third kappa shape index (κ3) is 5.57. The third-order valence-electron chi connectivity index (χ3n) is 4.72. The molecule has 1 aliphatic carbocycles. The molecule has 0 spiro atoms. The molecule has 2 fully saturated rings. The number of guanidine groups is 1. The molecule has 0 radical (unpaired) electrons. The van der Waals surface area contributed by atoms with Crippen molar-refractivity contribution >= 4 is 17.3 Å². The Hall–Kier alpha value is -1.35. The van der Waals surface area contributed by atoms with Crippen molar-refractivity contribution < 1.29 is 13.2 Å². The topological polar surface area (TPSA) is 52.6 Å². The number of nitrogens with one attached hydrogen (secondary N) is 2. The van der Waals surface area contributed by atoms with E-state index in [-0.39, 0.29) is 0 Å². The summed E-state index contributed by atoms with van der Waals surface area (Å²) in [7, 11) is 0. The maximum Gasteiger partial charge on any atom is 0.434 e. The quantitative estimate of drug-likeness (QED) is 0.580. The number of piperidine rings is 1. The number of likely N-dealkylation sites (tertiary alicyclic amines) is 1. The van der Waals surface area contributed by atoms with Crippen LogP contribution < -0.4 is 10.6 Å². The second-order valence-corrected chi connectivity index (χ2v) is 7.76. The summed E-state index contributed by atoms with van der Waals surface area (Å²) in [5, 5.41) is 8.22. The number of aliphatic imine (C=N–C) groups is 1. The lowest BCUT2D eigenvalue weighted by atomic mass is 10.1. The standard InChI is InChI=1S/C17H26F3N5S/c1-2-21-16(23-12-6-9-25(10-7-12)13-3-4-13)22-8-5-15-24-14(11-26-15)17(18,19)20/h11-13H,2-10H2,1H3,(H2,21,22,23). The van der Waals surface area contributed by atoms with Crippen molar-refractivity contribution in [1.29, 1.82) is 0 Å². The van der Waals surface area contributed by atoms with Crippen molar-refractivity contribution in [2.45, 2.75) is 57.3 Å². The summed E-state index contributed by atoms with van der Waals surface area (Å²) in [4.78, 5) is 10.7. The Labute approximate surface area is 156 Å². The van der Waals surface area contributed by atoms with Gasteiger partial charge in [-0.15, -0.1) is 11.3 Å². The molecule has 1 saturated carbocycles. The molecule has 0 amide bonds. The van der Waals surface area contributed by atoms with E-state index in [9.17, 15) is 13.2 Å². The van der Waals surface area contributed by atoms with Gasteiger partial charge in [0.05, 0.1) is 5.01 Å². The average Bonchev–Trinajstić information content (AvgIpc) is 3.33. The van der Waals surface area contributed by atoms with Crippen molar-refractivity contribution in [3.05, 3.63) is 16.1 Å². The van der Waals surface area contributed by atoms with Gasteiger partial charge in [-0.3, -0.25) is 4.99 Å². The molecule has 2 N–H and O–H groups in total. The van der Waals surface area contributed by atoms with Crippen LogP contribution in [0.3, 0.4) is 0 Å². The molecule has 0 atom stereocenters. The Morgan fingerprint density at radius 1 is 1.31 bits per heavy atom. The van der Waals surface area contributed by atoms with Crippen LogP contribution in [0.25, 0.3) is 0 Å². The van der Waals surface area contributed by atoms with Gasteiger partial charge in [-0.25, -0.2) is 4.98 Å². The minimum Gasteiger partial charge on any atom is -0.357 e. The molecule has 0 bridgehead atoms. The SMILES string of the molecule is CCNC(=NCCc1nc(C(F)(F)F)cs1)NC1CCN(C2CC2)CC1. The lowest BCUT2D eigenvalue weighted by Gasteiger charge is -2.33. The first-order chi connectivity index (χ1) is 12.5. The van der Waals surface area contributed by atoms with E-state index in [1.54, 1.807) is 0 Å². The van der Waals surface area contributed by atoms with Crippen LogP contribution >= 0.6 is 11.3 Å². The summed E-state index contributed by atoms with van der Waals surface area (Å²) in [5.41, 5.74) is -0.811. The summed E-state index contributed by atoms with van der Waals surface area (Å²) < 4.78 is 37.8. The Kier molecular flexibility index (Phi) is 6.39. The van der Waals surface area contributed by atoms with Gasteiger partial charge in [0.1, 0.15) is 0 Å². The van der Waals surface area contributed by atoms with Crippen molar-refractivity contribution in [3.63, 3.8) is 0 Å². The summed E-state index contributed by atoms with van der Waals surface area (Å²) in [6, 6.07) is 1.22. The molecule has 2 aliphatic rings. The highest BCUT2D eigenvalue weighted by molar-refractivity contribution is 7.09. The summed E-state index contributed by atoms with van der Waals surface area (Å²) >= 11 is 1.04. The number of thiazole rings is 1. The van der Waals surface area contributed by atoms with Gasteiger partial charge >= 0.3 is 6.18 Å². The van der Waals surface area contributed by atoms with E-state index in [0.29, 0.717) is 24.0 Å². The van der Waals surface area contributed by atoms with Crippen molar-refractivity contribution in [3.8, 4) is 0 Å². The zero-order valence-electron chi connectivity index (χ0n) is 15.0. The second-order valence-electron chi connectivity index (χ2n) is 6.82. The van der Waals surface area contributed by atoms with Crippen LogP contribution in [-0.2, 0) is 12.6 Å². The van der Waals surface area contributed by atoms with E-state index < -0.39 is 11.9 Å². The molecule has 5 nitrogen and oxygen atoms in total. The molecule has 1 aromatic rings. The first-order valence-corrected chi connectivity index (χ1v) is 10.1. The fraction of sp³-hybridized carbons (Fsp3) is 0.765. The van der Waals surface area contributed by atoms with Crippen LogP contribution in [0.1, 0.15) is 43.3 Å². The fourth-order valence-electron chi connectivity index (χ4n) is 3.18. The molecule has 3 rings (SSSR count). The Morgan fingerprint density at radius 3 is 2.62 bits per heavy atom. The van der Waals surface area contributed by atoms with Gasteiger partial charge < -0.3 is 15.5 Å². The van der Waals surface area contributed by atoms with E-state index in [2.05, 4.69) is 25.5 Å². The molecule has 1 aliphatic heterocycles. The highest BCUT2D eigenvalue weighted by Gasteiger charge is 2.33. The highest BCUT2D eigenvalue weighted by Crippen LogP contribution is 2.30. The average molecular weight is 389 g/mol. The molecule has 2 heterocycles. The van der Waals surface area contributed by atoms with Gasteiger partial charge in [0.25, 0.3) is 0 Å². The van der Waals surface area contributed by atoms with E-state index in [0.717, 1.165) is 61.2 Å². The number of aromatic nitrogens is 1. The van der Waals surface area contributed by atoms with Crippen LogP contribution in [-0.4, -0.2) is 54.1 Å². The van der Waals surface area contributed by atoms with Gasteiger partial charge in [-0.2, -0.15) is 13.2 Å². The van der Waals surface area contributed by atoms with Crippen LogP contribution in [0.2, 0.25) is 0 Å². The molecule has 146 valence electrons. The number of halogens is 3. The summed E-state index contributed by atoms with van der Waals surface area (Å²) in [6.07, 6.45) is 0.927. The molecular formula is C17H26F3N5S. The highest BCUT2D eigenvalue weighted by atomic mass is 32.1. The summed E-state index contributed by atoms with van der Waals surface area (Å²) in [5.74, 6) is 0.741. The number of nitrogens with zero attached hydrogens (tertiary/aromatic N) is 3. The largest absolute Gasteiger partial charge is 0.434 e. The smallest absolute Gasteiger partial charge is 0.357 e. The van der Waals surface area contributed by atoms with Gasteiger partial charge in [0.2, 0.25) is 0 Å². The van der Waals surface area contributed by atoms with Crippen LogP contribution in [0.4, 0.5) is 13.2 Å². The van der Waals surface area contributed by atoms with Crippen molar-refractivity contribution in [2.75, 3.05) is 26.2 Å². The molecule has 9 heteroatoms. The lowest BCUT2D eigenvalue weighted by molar-refractivity contribution is -0.140. The van der Waals surface area contributed by atoms with E-state index in [1.807, 2.05) is 6.92 Å². The predicted molar refractivity (Wildman–Crippen MR) is 97.6 cm³/mol. The van der Waals surface area contributed by atoms with Crippen LogP contribution in [0.15, 0.2) is 10.4 Å². The van der Waals surface area contributed by atoms with E-state index >= 15 is 0 Å². The maximum absolute atomic E-state index is 12.6. The minimum absolute atomic E-state index is 0.402. The monoisotopic (exact) mass is 389 g/mol. The fourth-order valence-corrected chi connectivity index (χ4v) is 3.98. The Morgan fingerprint density at radius 2 is 2.04 bits per heavy atom. The maximum atomic E-state index is 12.6. The van der Waals surface area contributed by atoms with Gasteiger partial charge in [0, 0.05) is 50.1 Å². The van der Waals surface area contributed by atoms with Crippen molar-refractivity contribution in [1.82, 2.24) is 20.5 Å². The normalized spacial score (nSPS) is 20.4. The molecule has 1 aromatic heterocycles. The number of hydrogen-bond acceptors (Lipinski definition) is 4. The molecule has 1 saturated heterocycles. The van der Waals surface area contributed by atoms with Gasteiger partial charge in [-0.1, -0.05) is 0 Å². The van der Waals surface area contributed by atoms with E-state index in [4.69, 9.17) is 0 Å². The third-order valence-corrected chi connectivity index (χ3v) is 5.62.